The van der Waals surface area contributed by atoms with E-state index in [1.807, 2.05) is 36.1 Å². The van der Waals surface area contributed by atoms with Crippen molar-refractivity contribution in [2.45, 2.75) is 25.6 Å². The van der Waals surface area contributed by atoms with Gasteiger partial charge in [0.2, 0.25) is 0 Å². The molecule has 1 fully saturated rings. The van der Waals surface area contributed by atoms with Gasteiger partial charge in [0.05, 0.1) is 31.9 Å². The maximum absolute atomic E-state index is 13.2. The first-order valence-corrected chi connectivity index (χ1v) is 12.3. The fraction of sp³-hybridized carbons (Fsp3) is 0.423. The highest BCUT2D eigenvalue weighted by Crippen LogP contribution is 2.34. The summed E-state index contributed by atoms with van der Waals surface area (Å²) in [6.07, 6.45) is -3.62. The molecular formula is C26H30F3N3O3S. The Bertz CT molecular complexity index is 1180. The standard InChI is InChI=1S/C26H30F3N3O3S/c1-18(23-16-19-6-3-9-22(33-2)24(19)35-23)32(11-5-10-31-12-14-34-15-13-31)25(36)30-21-8-4-7-20(17-21)26(27,28)29/h3-4,6-9,16-18H,5,10-15H2,1-2H3,(H,30,36)/t18-/m0/s1. The minimum Gasteiger partial charge on any atom is -0.493 e. The predicted octanol–water partition coefficient (Wildman–Crippen LogP) is 5.94. The van der Waals surface area contributed by atoms with E-state index in [4.69, 9.17) is 26.1 Å². The van der Waals surface area contributed by atoms with Gasteiger partial charge in [0.25, 0.3) is 0 Å². The number of halogens is 3. The molecule has 10 heteroatoms. The molecule has 6 nitrogen and oxygen atoms in total. The van der Waals surface area contributed by atoms with Gasteiger partial charge in [-0.1, -0.05) is 18.2 Å². The maximum Gasteiger partial charge on any atom is 0.416 e. The Morgan fingerprint density at radius 2 is 1.92 bits per heavy atom. The molecule has 0 radical (unpaired) electrons. The van der Waals surface area contributed by atoms with Gasteiger partial charge in [-0.3, -0.25) is 4.90 Å². The average molecular weight is 522 g/mol. The molecule has 0 saturated carbocycles. The highest BCUT2D eigenvalue weighted by molar-refractivity contribution is 7.80. The summed E-state index contributed by atoms with van der Waals surface area (Å²) < 4.78 is 56.7. The molecule has 0 spiro atoms. The molecular weight excluding hydrogens is 491 g/mol. The van der Waals surface area contributed by atoms with E-state index in [9.17, 15) is 13.2 Å². The number of hydrogen-bond acceptors (Lipinski definition) is 5. The summed E-state index contributed by atoms with van der Waals surface area (Å²) >= 11 is 5.70. The predicted molar refractivity (Wildman–Crippen MR) is 137 cm³/mol. The second-order valence-corrected chi connectivity index (χ2v) is 9.10. The number of benzene rings is 2. The van der Waals surface area contributed by atoms with Gasteiger partial charge in [-0.05, 0) is 55.9 Å². The van der Waals surface area contributed by atoms with Gasteiger partial charge < -0.3 is 24.1 Å². The maximum atomic E-state index is 13.2. The zero-order valence-corrected chi connectivity index (χ0v) is 21.1. The summed E-state index contributed by atoms with van der Waals surface area (Å²) in [7, 11) is 1.59. The number of ether oxygens (including phenoxy) is 2. The van der Waals surface area contributed by atoms with Crippen LogP contribution in [0.4, 0.5) is 18.9 Å². The fourth-order valence-corrected chi connectivity index (χ4v) is 4.67. The molecule has 0 unspecified atom stereocenters. The molecule has 1 aliphatic heterocycles. The molecule has 0 aliphatic carbocycles. The third kappa shape index (κ3) is 6.29. The van der Waals surface area contributed by atoms with Crippen LogP contribution in [-0.2, 0) is 10.9 Å². The van der Waals surface area contributed by atoms with Crippen molar-refractivity contribution >= 4 is 34.0 Å². The van der Waals surface area contributed by atoms with Crippen molar-refractivity contribution in [3.05, 3.63) is 59.9 Å². The van der Waals surface area contributed by atoms with Crippen molar-refractivity contribution in [1.82, 2.24) is 9.80 Å². The van der Waals surface area contributed by atoms with Gasteiger partial charge >= 0.3 is 6.18 Å². The first-order chi connectivity index (χ1) is 17.3. The lowest BCUT2D eigenvalue weighted by Gasteiger charge is -2.32. The van der Waals surface area contributed by atoms with Gasteiger partial charge in [-0.2, -0.15) is 13.2 Å². The minimum atomic E-state index is -4.43. The van der Waals surface area contributed by atoms with Crippen molar-refractivity contribution in [3.8, 4) is 5.75 Å². The van der Waals surface area contributed by atoms with Crippen molar-refractivity contribution in [1.29, 1.82) is 0 Å². The summed E-state index contributed by atoms with van der Waals surface area (Å²) in [6.45, 7) is 6.63. The largest absolute Gasteiger partial charge is 0.493 e. The molecule has 194 valence electrons. The summed E-state index contributed by atoms with van der Waals surface area (Å²) in [4.78, 5) is 4.29. The number of hydrogen-bond donors (Lipinski definition) is 1. The number of morpholine rings is 1. The molecule has 1 saturated heterocycles. The summed E-state index contributed by atoms with van der Waals surface area (Å²) in [5, 5.41) is 4.24. The van der Waals surface area contributed by atoms with E-state index < -0.39 is 11.7 Å². The smallest absolute Gasteiger partial charge is 0.416 e. The van der Waals surface area contributed by atoms with Crippen molar-refractivity contribution in [2.24, 2.45) is 0 Å². The van der Waals surface area contributed by atoms with E-state index in [-0.39, 0.29) is 11.7 Å². The molecule has 1 aliphatic rings. The Balaban J connectivity index is 1.55. The van der Waals surface area contributed by atoms with E-state index in [2.05, 4.69) is 10.2 Å². The first-order valence-electron chi connectivity index (χ1n) is 11.9. The normalized spacial score (nSPS) is 15.6. The third-order valence-electron chi connectivity index (χ3n) is 6.31. The second-order valence-electron chi connectivity index (χ2n) is 8.71. The summed E-state index contributed by atoms with van der Waals surface area (Å²) in [5.41, 5.74) is 0.199. The van der Waals surface area contributed by atoms with Crippen molar-refractivity contribution < 1.29 is 27.1 Å². The van der Waals surface area contributed by atoms with Crippen LogP contribution in [0.1, 0.15) is 30.7 Å². The molecule has 36 heavy (non-hydrogen) atoms. The molecule has 2 aromatic carbocycles. The van der Waals surface area contributed by atoms with Crippen LogP contribution in [-0.4, -0.2) is 61.4 Å². The lowest BCUT2D eigenvalue weighted by molar-refractivity contribution is -0.137. The van der Waals surface area contributed by atoms with Crippen LogP contribution in [0.15, 0.2) is 52.9 Å². The van der Waals surface area contributed by atoms with Crippen LogP contribution >= 0.6 is 12.2 Å². The lowest BCUT2D eigenvalue weighted by Crippen LogP contribution is -2.41. The zero-order chi connectivity index (χ0) is 25.7. The second kappa shape index (κ2) is 11.5. The average Bonchev–Trinajstić information content (AvgIpc) is 3.31. The van der Waals surface area contributed by atoms with Gasteiger partial charge in [0, 0.05) is 37.3 Å². The quantitative estimate of drug-likeness (QED) is 0.368. The molecule has 1 aromatic heterocycles. The molecule has 3 aromatic rings. The van der Waals surface area contributed by atoms with Crippen molar-refractivity contribution in [3.63, 3.8) is 0 Å². The summed E-state index contributed by atoms with van der Waals surface area (Å²) in [5.74, 6) is 1.32. The van der Waals surface area contributed by atoms with Crippen LogP contribution in [0.25, 0.3) is 11.0 Å². The molecule has 1 atom stereocenters. The number of furan rings is 1. The molecule has 2 heterocycles. The highest BCUT2D eigenvalue weighted by atomic mass is 32.1. The first kappa shape index (κ1) is 26.2. The van der Waals surface area contributed by atoms with Gasteiger partial charge in [-0.15, -0.1) is 0 Å². The molecule has 1 N–H and O–H groups in total. The van der Waals surface area contributed by atoms with E-state index in [0.29, 0.717) is 28.7 Å². The third-order valence-corrected chi connectivity index (χ3v) is 6.64. The Morgan fingerprint density at radius 3 is 2.64 bits per heavy atom. The van der Waals surface area contributed by atoms with Crippen LogP contribution in [0.3, 0.4) is 0 Å². The SMILES string of the molecule is COc1cccc2cc([C@H](C)N(CCCN3CCOCC3)C(=S)Nc3cccc(C(F)(F)F)c3)oc12. The number of anilines is 1. The van der Waals surface area contributed by atoms with Crippen LogP contribution in [0, 0.1) is 0 Å². The topological polar surface area (TPSA) is 50.1 Å². The monoisotopic (exact) mass is 521 g/mol. The van der Waals surface area contributed by atoms with Gasteiger partial charge in [-0.25, -0.2) is 0 Å². The Hall–Kier alpha value is -2.82. The van der Waals surface area contributed by atoms with Crippen LogP contribution in [0.2, 0.25) is 0 Å². The van der Waals surface area contributed by atoms with Crippen LogP contribution < -0.4 is 10.1 Å². The Kier molecular flexibility index (Phi) is 8.38. The number of nitrogens with one attached hydrogen (secondary N) is 1. The number of nitrogens with zero attached hydrogens (tertiary/aromatic N) is 2. The molecule has 0 amide bonds. The number of fused-ring (bicyclic) bond motifs is 1. The van der Waals surface area contributed by atoms with Gasteiger partial charge in [0.15, 0.2) is 16.4 Å². The van der Waals surface area contributed by atoms with E-state index >= 15 is 0 Å². The number of rotatable bonds is 8. The van der Waals surface area contributed by atoms with Crippen LogP contribution in [0.5, 0.6) is 5.75 Å². The Labute approximate surface area is 213 Å². The minimum absolute atomic E-state index is 0.266. The highest BCUT2D eigenvalue weighted by Gasteiger charge is 2.31. The van der Waals surface area contributed by atoms with Gasteiger partial charge in [0.1, 0.15) is 5.76 Å². The number of methoxy groups -OCH3 is 1. The summed E-state index contributed by atoms with van der Waals surface area (Å²) in [6, 6.07) is 12.4. The van der Waals surface area contributed by atoms with E-state index in [0.717, 1.165) is 56.8 Å². The number of para-hydroxylation sites is 1. The van der Waals surface area contributed by atoms with E-state index in [1.165, 1.54) is 6.07 Å². The number of thiocarbonyl (C=S) groups is 1. The number of alkyl halides is 3. The van der Waals surface area contributed by atoms with Crippen molar-refractivity contribution in [2.75, 3.05) is 51.8 Å². The zero-order valence-electron chi connectivity index (χ0n) is 20.3. The fourth-order valence-electron chi connectivity index (χ4n) is 4.31. The lowest BCUT2D eigenvalue weighted by atomic mass is 10.1. The Morgan fingerprint density at radius 1 is 1.17 bits per heavy atom. The molecule has 0 bridgehead atoms. The molecule has 4 rings (SSSR count). The van der Waals surface area contributed by atoms with E-state index in [1.54, 1.807) is 13.2 Å².